The average molecular weight is 381 g/mol. The third-order valence-electron chi connectivity index (χ3n) is 4.25. The second-order valence-corrected chi connectivity index (χ2v) is 6.27. The molecule has 0 saturated carbocycles. The van der Waals surface area contributed by atoms with E-state index in [9.17, 15) is 0 Å². The normalized spacial score (nSPS) is 15.8. The minimum absolute atomic E-state index is 0.402. The Morgan fingerprint density at radius 3 is 1.92 bits per heavy atom. The molecule has 0 N–H and O–H groups in total. The highest BCUT2D eigenvalue weighted by Gasteiger charge is 2.32. The predicted octanol–water partition coefficient (Wildman–Crippen LogP) is 5.12. The van der Waals surface area contributed by atoms with Gasteiger partial charge in [-0.15, -0.1) is 11.6 Å². The average Bonchev–Trinajstić information content (AvgIpc) is 2.89. The van der Waals surface area contributed by atoms with Crippen LogP contribution in [-0.4, -0.2) is 28.4 Å². The number of rotatable bonds is 5. The first-order valence-electron chi connectivity index (χ1n) is 7.58. The molecule has 0 fully saturated rings. The molecule has 132 valence electrons. The number of allylic oxidation sites excluding steroid dienone is 1. The Bertz CT molecular complexity index is 846. The van der Waals surface area contributed by atoms with Gasteiger partial charge in [-0.05, 0) is 35.4 Å². The molecule has 1 aliphatic carbocycles. The van der Waals surface area contributed by atoms with Crippen LogP contribution in [-0.2, 0) is 0 Å². The molecule has 6 heteroatoms. The summed E-state index contributed by atoms with van der Waals surface area (Å²) in [7, 11) is 6.37. The molecule has 0 heterocycles. The summed E-state index contributed by atoms with van der Waals surface area (Å²) in [4.78, 5) is 0. The molecule has 3 rings (SSSR count). The summed E-state index contributed by atoms with van der Waals surface area (Å²) in [5.74, 6) is 2.49. The summed E-state index contributed by atoms with van der Waals surface area (Å²) in [6.45, 7) is 0. The van der Waals surface area contributed by atoms with Gasteiger partial charge in [0.15, 0.2) is 23.0 Å². The molecule has 25 heavy (non-hydrogen) atoms. The lowest BCUT2D eigenvalue weighted by molar-refractivity contribution is 0.354. The van der Waals surface area contributed by atoms with Crippen molar-refractivity contribution in [2.45, 2.75) is 5.38 Å². The van der Waals surface area contributed by atoms with Crippen LogP contribution in [0, 0.1) is 0 Å². The van der Waals surface area contributed by atoms with Gasteiger partial charge in [-0.3, -0.25) is 0 Å². The highest BCUT2D eigenvalue weighted by molar-refractivity contribution is 6.55. The minimum Gasteiger partial charge on any atom is -0.493 e. The summed E-state index contributed by atoms with van der Waals surface area (Å²) < 4.78 is 21.4. The first kappa shape index (κ1) is 17.8. The van der Waals surface area contributed by atoms with Crippen LogP contribution in [0.15, 0.2) is 30.3 Å². The van der Waals surface area contributed by atoms with Gasteiger partial charge in [0.25, 0.3) is 0 Å². The minimum atomic E-state index is -0.402. The second-order valence-electron chi connectivity index (χ2n) is 5.45. The number of halogens is 2. The van der Waals surface area contributed by atoms with Crippen molar-refractivity contribution in [3.05, 3.63) is 47.0 Å². The quantitative estimate of drug-likeness (QED) is 0.674. The molecule has 0 spiro atoms. The lowest BCUT2D eigenvalue weighted by atomic mass is 10.0. The van der Waals surface area contributed by atoms with Crippen molar-refractivity contribution >= 4 is 33.8 Å². The fourth-order valence-corrected chi connectivity index (χ4v) is 3.84. The van der Waals surface area contributed by atoms with Crippen LogP contribution < -0.4 is 18.9 Å². The Kier molecular flexibility index (Phi) is 5.02. The Morgan fingerprint density at radius 2 is 1.32 bits per heavy atom. The molecule has 0 bridgehead atoms. The van der Waals surface area contributed by atoms with Crippen molar-refractivity contribution < 1.29 is 18.9 Å². The van der Waals surface area contributed by atoms with E-state index in [0.29, 0.717) is 28.0 Å². The SMILES string of the molecule is COc1ccc(C2=C(Cl)c3cc(OC)c(OC)cc3C2Cl)cc1OC. The fraction of sp³-hybridized carbons (Fsp3) is 0.263. The van der Waals surface area contributed by atoms with E-state index in [4.69, 9.17) is 42.1 Å². The maximum atomic E-state index is 6.72. The number of ether oxygens (including phenoxy) is 4. The van der Waals surface area contributed by atoms with Crippen molar-refractivity contribution in [1.82, 2.24) is 0 Å². The molecular formula is C19H18Cl2O4. The molecule has 2 aromatic rings. The van der Waals surface area contributed by atoms with E-state index in [-0.39, 0.29) is 0 Å². The number of fused-ring (bicyclic) bond motifs is 1. The number of benzene rings is 2. The standard InChI is InChI=1S/C19H18Cl2O4/c1-22-13-6-5-10(7-14(13)23-2)17-18(20)11-8-15(24-3)16(25-4)9-12(11)19(17)21/h5-9,18H,1-4H3. The Labute approximate surface area is 156 Å². The zero-order valence-corrected chi connectivity index (χ0v) is 15.9. The first-order valence-corrected chi connectivity index (χ1v) is 8.39. The highest BCUT2D eigenvalue weighted by atomic mass is 35.5. The number of hydrogen-bond acceptors (Lipinski definition) is 4. The van der Waals surface area contributed by atoms with Crippen LogP contribution in [0.4, 0.5) is 0 Å². The van der Waals surface area contributed by atoms with Crippen molar-refractivity contribution in [3.8, 4) is 23.0 Å². The molecule has 0 radical (unpaired) electrons. The highest BCUT2D eigenvalue weighted by Crippen LogP contribution is 2.53. The van der Waals surface area contributed by atoms with E-state index in [1.165, 1.54) is 0 Å². The summed E-state index contributed by atoms with van der Waals surface area (Å²) >= 11 is 13.4. The van der Waals surface area contributed by atoms with Crippen molar-refractivity contribution in [1.29, 1.82) is 0 Å². The second kappa shape index (κ2) is 7.06. The van der Waals surface area contributed by atoms with E-state index in [1.54, 1.807) is 28.4 Å². The van der Waals surface area contributed by atoms with Gasteiger partial charge in [0.1, 0.15) is 0 Å². The third kappa shape index (κ3) is 2.90. The van der Waals surface area contributed by atoms with Crippen LogP contribution >= 0.6 is 23.2 Å². The monoisotopic (exact) mass is 380 g/mol. The third-order valence-corrected chi connectivity index (χ3v) is 5.11. The summed E-state index contributed by atoms with van der Waals surface area (Å²) in [6, 6.07) is 9.32. The van der Waals surface area contributed by atoms with E-state index >= 15 is 0 Å². The summed E-state index contributed by atoms with van der Waals surface area (Å²) in [5.41, 5.74) is 3.41. The van der Waals surface area contributed by atoms with Crippen molar-refractivity contribution in [3.63, 3.8) is 0 Å². The van der Waals surface area contributed by atoms with Crippen molar-refractivity contribution in [2.75, 3.05) is 28.4 Å². The Morgan fingerprint density at radius 1 is 0.760 bits per heavy atom. The summed E-state index contributed by atoms with van der Waals surface area (Å²) in [5, 5.41) is 0.184. The largest absolute Gasteiger partial charge is 0.493 e. The maximum absolute atomic E-state index is 6.72. The lowest BCUT2D eigenvalue weighted by Crippen LogP contribution is -1.96. The lowest BCUT2D eigenvalue weighted by Gasteiger charge is -2.14. The predicted molar refractivity (Wildman–Crippen MR) is 100 cm³/mol. The molecule has 0 amide bonds. The van der Waals surface area contributed by atoms with Crippen LogP contribution in [0.1, 0.15) is 22.1 Å². The molecule has 0 saturated heterocycles. The smallest absolute Gasteiger partial charge is 0.161 e. The van der Waals surface area contributed by atoms with Gasteiger partial charge in [-0.2, -0.15) is 0 Å². The molecule has 0 aromatic heterocycles. The molecular weight excluding hydrogens is 363 g/mol. The molecule has 1 aliphatic rings. The van der Waals surface area contributed by atoms with Crippen LogP contribution in [0.25, 0.3) is 10.6 Å². The van der Waals surface area contributed by atoms with E-state index in [2.05, 4.69) is 0 Å². The van der Waals surface area contributed by atoms with Crippen LogP contribution in [0.3, 0.4) is 0 Å². The summed E-state index contributed by atoms with van der Waals surface area (Å²) in [6.07, 6.45) is 0. The zero-order chi connectivity index (χ0) is 18.1. The first-order chi connectivity index (χ1) is 12.0. The van der Waals surface area contributed by atoms with Gasteiger partial charge in [-0.25, -0.2) is 0 Å². The fourth-order valence-electron chi connectivity index (χ4n) is 2.98. The zero-order valence-electron chi connectivity index (χ0n) is 14.4. The maximum Gasteiger partial charge on any atom is 0.161 e. The number of methoxy groups -OCH3 is 4. The van der Waals surface area contributed by atoms with E-state index in [1.807, 2.05) is 30.3 Å². The molecule has 4 nitrogen and oxygen atoms in total. The Balaban J connectivity index is 2.13. The molecule has 2 aromatic carbocycles. The van der Waals surface area contributed by atoms with Crippen LogP contribution in [0.5, 0.6) is 23.0 Å². The van der Waals surface area contributed by atoms with Gasteiger partial charge in [0, 0.05) is 11.1 Å². The van der Waals surface area contributed by atoms with Gasteiger partial charge >= 0.3 is 0 Å². The van der Waals surface area contributed by atoms with Gasteiger partial charge in [0.2, 0.25) is 0 Å². The number of hydrogen-bond donors (Lipinski definition) is 0. The molecule has 0 aliphatic heterocycles. The van der Waals surface area contributed by atoms with Gasteiger partial charge in [-0.1, -0.05) is 17.7 Å². The molecule has 1 unspecified atom stereocenters. The van der Waals surface area contributed by atoms with E-state index in [0.717, 1.165) is 22.3 Å². The Hall–Kier alpha value is -2.04. The van der Waals surface area contributed by atoms with Crippen LogP contribution in [0.2, 0.25) is 0 Å². The number of alkyl halides is 1. The topological polar surface area (TPSA) is 36.9 Å². The van der Waals surface area contributed by atoms with Crippen molar-refractivity contribution in [2.24, 2.45) is 0 Å². The van der Waals surface area contributed by atoms with Gasteiger partial charge < -0.3 is 18.9 Å². The van der Waals surface area contributed by atoms with Gasteiger partial charge in [0.05, 0.1) is 38.8 Å². The van der Waals surface area contributed by atoms with E-state index < -0.39 is 5.38 Å². The molecule has 1 atom stereocenters.